The third-order valence-electron chi connectivity index (χ3n) is 4.48. The second-order valence-corrected chi connectivity index (χ2v) is 8.22. The maximum atomic E-state index is 12.8. The summed E-state index contributed by atoms with van der Waals surface area (Å²) in [5.41, 5.74) is -0.997. The van der Waals surface area contributed by atoms with Crippen LogP contribution in [0.2, 0.25) is 0 Å². The van der Waals surface area contributed by atoms with E-state index < -0.39 is 19.1 Å². The predicted molar refractivity (Wildman–Crippen MR) is 104 cm³/mol. The van der Waals surface area contributed by atoms with Crippen LogP contribution in [0.25, 0.3) is 0 Å². The number of anilines is 1. The quantitative estimate of drug-likeness (QED) is 0.620. The fourth-order valence-electron chi connectivity index (χ4n) is 3.43. The average Bonchev–Trinajstić information content (AvgIpc) is 3.01. The van der Waals surface area contributed by atoms with Crippen molar-refractivity contribution in [1.29, 1.82) is 0 Å². The minimum absolute atomic E-state index is 0.371. The van der Waals surface area contributed by atoms with Crippen molar-refractivity contribution in [3.8, 4) is 0 Å². The number of para-hydroxylation sites is 1. The van der Waals surface area contributed by atoms with Gasteiger partial charge in [-0.15, -0.1) is 0 Å². The van der Waals surface area contributed by atoms with Crippen molar-refractivity contribution >= 4 is 30.4 Å². The topological polar surface area (TPSA) is 70.0 Å². The predicted octanol–water partition coefficient (Wildman–Crippen LogP) is 3.70. The number of nitrogens with zero attached hydrogens (tertiary/aromatic N) is 1. The SMILES string of the molecule is O=P(O)(O)C1(c2ccccc2)OC2=CC=CC(=S)C2N1c1ccccc1. The van der Waals surface area contributed by atoms with Crippen LogP contribution in [-0.2, 0) is 14.8 Å². The fraction of sp³-hybridized carbons (Fsp3) is 0.105. The van der Waals surface area contributed by atoms with E-state index in [4.69, 9.17) is 17.0 Å². The standard InChI is InChI=1S/C19H16NO4PS/c21-25(22,23)19(14-8-3-1-4-9-14)20(15-10-5-2-6-11-15)18-16(24-19)12-7-13-17(18)26/h1-13,18H,(H2,21,22,23). The van der Waals surface area contributed by atoms with Crippen LogP contribution in [0.1, 0.15) is 5.56 Å². The van der Waals surface area contributed by atoms with Crippen molar-refractivity contribution in [1.82, 2.24) is 0 Å². The smallest absolute Gasteiger partial charge is 0.395 e. The molecular formula is C19H16NO4PS. The van der Waals surface area contributed by atoms with E-state index in [2.05, 4.69) is 0 Å². The number of thiocarbonyl (C=S) groups is 1. The molecule has 1 aliphatic heterocycles. The Morgan fingerprint density at radius 2 is 1.65 bits per heavy atom. The highest BCUT2D eigenvalue weighted by atomic mass is 32.1. The fourth-order valence-corrected chi connectivity index (χ4v) is 4.95. The Hall–Kier alpha value is -2.24. The summed E-state index contributed by atoms with van der Waals surface area (Å²) in [6, 6.07) is 17.1. The van der Waals surface area contributed by atoms with Gasteiger partial charge in [0.2, 0.25) is 0 Å². The molecule has 2 aromatic carbocycles. The van der Waals surface area contributed by atoms with Crippen LogP contribution in [0, 0.1) is 0 Å². The summed E-state index contributed by atoms with van der Waals surface area (Å²) in [5.74, 6) is 0.425. The van der Waals surface area contributed by atoms with Gasteiger partial charge in [0.25, 0.3) is 0 Å². The first-order chi connectivity index (χ1) is 12.4. The number of ether oxygens (including phenoxy) is 1. The second-order valence-electron chi connectivity index (χ2n) is 6.06. The highest BCUT2D eigenvalue weighted by molar-refractivity contribution is 7.81. The molecule has 4 rings (SSSR count). The Morgan fingerprint density at radius 3 is 2.27 bits per heavy atom. The number of hydrogen-bond donors (Lipinski definition) is 2. The summed E-state index contributed by atoms with van der Waals surface area (Å²) >= 11 is 5.49. The molecule has 2 N–H and O–H groups in total. The van der Waals surface area contributed by atoms with Crippen LogP contribution in [0.5, 0.6) is 0 Å². The Bertz CT molecular complexity index is 954. The molecule has 5 nitrogen and oxygen atoms in total. The third kappa shape index (κ3) is 2.46. The van der Waals surface area contributed by atoms with Crippen molar-refractivity contribution in [2.75, 3.05) is 4.90 Å². The van der Waals surface area contributed by atoms with Crippen molar-refractivity contribution in [2.45, 2.75) is 11.5 Å². The lowest BCUT2D eigenvalue weighted by molar-refractivity contribution is 0.0865. The molecule has 1 saturated heterocycles. The zero-order valence-electron chi connectivity index (χ0n) is 13.6. The second kappa shape index (κ2) is 6.18. The van der Waals surface area contributed by atoms with E-state index in [9.17, 15) is 14.4 Å². The van der Waals surface area contributed by atoms with Gasteiger partial charge in [-0.05, 0) is 24.3 Å². The molecule has 132 valence electrons. The van der Waals surface area contributed by atoms with Crippen LogP contribution in [0.3, 0.4) is 0 Å². The van der Waals surface area contributed by atoms with Crippen LogP contribution in [-0.4, -0.2) is 20.7 Å². The van der Waals surface area contributed by atoms with Gasteiger partial charge >= 0.3 is 13.1 Å². The van der Waals surface area contributed by atoms with Gasteiger partial charge in [-0.3, -0.25) is 4.57 Å². The Labute approximate surface area is 156 Å². The maximum absolute atomic E-state index is 12.8. The molecule has 0 bridgehead atoms. The van der Waals surface area contributed by atoms with Gasteiger partial charge in [0.1, 0.15) is 11.8 Å². The van der Waals surface area contributed by atoms with E-state index in [1.807, 2.05) is 18.2 Å². The average molecular weight is 385 g/mol. The summed E-state index contributed by atoms with van der Waals surface area (Å²) in [5, 5.41) is 0. The van der Waals surface area contributed by atoms with Gasteiger partial charge in [-0.25, -0.2) is 0 Å². The monoisotopic (exact) mass is 385 g/mol. The van der Waals surface area contributed by atoms with Crippen molar-refractivity contribution in [3.63, 3.8) is 0 Å². The highest BCUT2D eigenvalue weighted by Gasteiger charge is 2.64. The minimum atomic E-state index is -4.81. The lowest BCUT2D eigenvalue weighted by Gasteiger charge is -2.39. The van der Waals surface area contributed by atoms with Gasteiger partial charge < -0.3 is 19.4 Å². The number of allylic oxidation sites excluding steroid dienone is 2. The molecule has 26 heavy (non-hydrogen) atoms. The van der Waals surface area contributed by atoms with E-state index in [-0.39, 0.29) is 0 Å². The summed E-state index contributed by atoms with van der Waals surface area (Å²) in [6.07, 6.45) is 5.19. The van der Waals surface area contributed by atoms with Crippen LogP contribution < -0.4 is 4.90 Å². The molecule has 2 atom stereocenters. The first-order valence-electron chi connectivity index (χ1n) is 8.02. The summed E-state index contributed by atoms with van der Waals surface area (Å²) in [4.78, 5) is 23.0. The lowest BCUT2D eigenvalue weighted by Crippen LogP contribution is -2.48. The molecule has 0 spiro atoms. The molecular weight excluding hydrogens is 369 g/mol. The van der Waals surface area contributed by atoms with E-state index in [1.54, 1.807) is 65.6 Å². The van der Waals surface area contributed by atoms with Gasteiger partial charge in [-0.1, -0.05) is 66.8 Å². The van der Waals surface area contributed by atoms with Gasteiger partial charge in [-0.2, -0.15) is 0 Å². The van der Waals surface area contributed by atoms with E-state index in [0.717, 1.165) is 0 Å². The molecule has 7 heteroatoms. The molecule has 2 aromatic rings. The van der Waals surface area contributed by atoms with E-state index in [0.29, 0.717) is 21.9 Å². The molecule has 2 aliphatic rings. The first-order valence-corrected chi connectivity index (χ1v) is 10.0. The van der Waals surface area contributed by atoms with Crippen LogP contribution in [0.15, 0.2) is 84.7 Å². The third-order valence-corrected chi connectivity index (χ3v) is 6.20. The lowest BCUT2D eigenvalue weighted by atomic mass is 10.0. The van der Waals surface area contributed by atoms with Crippen molar-refractivity contribution < 1.29 is 19.1 Å². The molecule has 1 heterocycles. The number of rotatable bonds is 3. The van der Waals surface area contributed by atoms with Gasteiger partial charge in [0, 0.05) is 16.1 Å². The Balaban J connectivity index is 2.03. The summed E-state index contributed by atoms with van der Waals surface area (Å²) < 4.78 is 18.9. The van der Waals surface area contributed by atoms with Crippen molar-refractivity contribution in [2.24, 2.45) is 0 Å². The van der Waals surface area contributed by atoms with Crippen LogP contribution >= 0.6 is 19.8 Å². The number of fused-ring (bicyclic) bond motifs is 1. The number of benzene rings is 2. The van der Waals surface area contributed by atoms with E-state index in [1.165, 1.54) is 0 Å². The Kier molecular flexibility index (Phi) is 4.09. The molecule has 0 aromatic heterocycles. The first kappa shape index (κ1) is 17.2. The molecule has 0 saturated carbocycles. The Morgan fingerprint density at radius 1 is 1.04 bits per heavy atom. The zero-order chi connectivity index (χ0) is 18.4. The number of hydrogen-bond acceptors (Lipinski definition) is 4. The maximum Gasteiger partial charge on any atom is 0.395 e. The molecule has 1 aliphatic carbocycles. The van der Waals surface area contributed by atoms with Crippen molar-refractivity contribution in [3.05, 3.63) is 90.2 Å². The minimum Gasteiger partial charge on any atom is -0.454 e. The highest BCUT2D eigenvalue weighted by Crippen LogP contribution is 2.65. The van der Waals surface area contributed by atoms with Gasteiger partial charge in [0.15, 0.2) is 0 Å². The summed E-state index contributed by atoms with van der Waals surface area (Å²) in [6.45, 7) is 0. The van der Waals surface area contributed by atoms with E-state index >= 15 is 0 Å². The van der Waals surface area contributed by atoms with Gasteiger partial charge in [0.05, 0.1) is 0 Å². The van der Waals surface area contributed by atoms with Crippen LogP contribution in [0.4, 0.5) is 5.69 Å². The zero-order valence-corrected chi connectivity index (χ0v) is 15.3. The summed E-state index contributed by atoms with van der Waals surface area (Å²) in [7, 11) is -4.81. The molecule has 0 amide bonds. The molecule has 1 fully saturated rings. The largest absolute Gasteiger partial charge is 0.454 e. The normalized spacial score (nSPS) is 24.8. The molecule has 0 radical (unpaired) electrons. The molecule has 2 unspecified atom stereocenters.